The Morgan fingerprint density at radius 3 is 2.68 bits per heavy atom. The second kappa shape index (κ2) is 7.17. The first-order valence-corrected chi connectivity index (χ1v) is 7.81. The SMILES string of the molecule is CCc1ccccc1OCC(=O)Nc1nc(C)c(C(C)=O)s1. The lowest BCUT2D eigenvalue weighted by atomic mass is 10.1. The summed E-state index contributed by atoms with van der Waals surface area (Å²) in [5.74, 6) is 0.360. The van der Waals surface area contributed by atoms with Crippen molar-refractivity contribution in [1.29, 1.82) is 0 Å². The Hall–Kier alpha value is -2.21. The molecule has 0 atom stereocenters. The third-order valence-corrected chi connectivity index (χ3v) is 4.25. The lowest BCUT2D eigenvalue weighted by molar-refractivity contribution is -0.118. The molecule has 1 aromatic carbocycles. The quantitative estimate of drug-likeness (QED) is 0.830. The van der Waals surface area contributed by atoms with E-state index in [4.69, 9.17) is 4.74 Å². The van der Waals surface area contributed by atoms with Gasteiger partial charge in [0, 0.05) is 6.92 Å². The molecular formula is C16H18N2O3S. The zero-order chi connectivity index (χ0) is 16.1. The molecule has 0 spiro atoms. The summed E-state index contributed by atoms with van der Waals surface area (Å²) in [5, 5.41) is 3.07. The molecule has 1 amide bonds. The number of para-hydroxylation sites is 1. The summed E-state index contributed by atoms with van der Waals surface area (Å²) in [4.78, 5) is 28.0. The number of ketones is 1. The molecule has 116 valence electrons. The van der Waals surface area contributed by atoms with Crippen molar-refractivity contribution < 1.29 is 14.3 Å². The highest BCUT2D eigenvalue weighted by Crippen LogP contribution is 2.23. The number of thiazole rings is 1. The van der Waals surface area contributed by atoms with E-state index >= 15 is 0 Å². The number of amides is 1. The molecule has 0 saturated carbocycles. The number of hydrogen-bond acceptors (Lipinski definition) is 5. The number of carbonyl (C=O) groups is 2. The number of aryl methyl sites for hydroxylation is 2. The van der Waals surface area contributed by atoms with Gasteiger partial charge in [-0.05, 0) is 25.0 Å². The fraction of sp³-hybridized carbons (Fsp3) is 0.312. The van der Waals surface area contributed by atoms with E-state index in [0.717, 1.165) is 12.0 Å². The lowest BCUT2D eigenvalue weighted by Crippen LogP contribution is -2.20. The monoisotopic (exact) mass is 318 g/mol. The largest absolute Gasteiger partial charge is 0.483 e. The molecule has 22 heavy (non-hydrogen) atoms. The maximum absolute atomic E-state index is 11.9. The van der Waals surface area contributed by atoms with Crippen LogP contribution in [0.15, 0.2) is 24.3 Å². The van der Waals surface area contributed by atoms with Gasteiger partial charge < -0.3 is 4.74 Å². The van der Waals surface area contributed by atoms with Crippen molar-refractivity contribution in [1.82, 2.24) is 4.98 Å². The molecule has 0 saturated heterocycles. The maximum Gasteiger partial charge on any atom is 0.264 e. The van der Waals surface area contributed by atoms with Crippen molar-refractivity contribution in [2.75, 3.05) is 11.9 Å². The summed E-state index contributed by atoms with van der Waals surface area (Å²) in [6.07, 6.45) is 0.839. The number of aromatic nitrogens is 1. The van der Waals surface area contributed by atoms with Crippen LogP contribution in [0.4, 0.5) is 5.13 Å². The molecule has 0 aliphatic rings. The van der Waals surface area contributed by atoms with Gasteiger partial charge in [0.1, 0.15) is 5.75 Å². The predicted octanol–water partition coefficient (Wildman–Crippen LogP) is 3.23. The highest BCUT2D eigenvalue weighted by molar-refractivity contribution is 7.17. The Balaban J connectivity index is 1.96. The van der Waals surface area contributed by atoms with Gasteiger partial charge in [0.05, 0.1) is 10.6 Å². The Bertz CT molecular complexity index is 694. The third-order valence-electron chi connectivity index (χ3n) is 3.07. The van der Waals surface area contributed by atoms with Crippen LogP contribution in [-0.2, 0) is 11.2 Å². The molecule has 2 aromatic rings. The predicted molar refractivity (Wildman–Crippen MR) is 86.8 cm³/mol. The van der Waals surface area contributed by atoms with Crippen molar-refractivity contribution in [2.24, 2.45) is 0 Å². The van der Waals surface area contributed by atoms with Gasteiger partial charge in [-0.2, -0.15) is 0 Å². The molecule has 0 fully saturated rings. The number of nitrogens with zero attached hydrogens (tertiary/aromatic N) is 1. The molecular weight excluding hydrogens is 300 g/mol. The highest BCUT2D eigenvalue weighted by atomic mass is 32.1. The van der Waals surface area contributed by atoms with Gasteiger partial charge >= 0.3 is 0 Å². The lowest BCUT2D eigenvalue weighted by Gasteiger charge is -2.09. The van der Waals surface area contributed by atoms with Gasteiger partial charge in [-0.1, -0.05) is 36.5 Å². The smallest absolute Gasteiger partial charge is 0.264 e. The first kappa shape index (κ1) is 16.2. The van der Waals surface area contributed by atoms with Crippen LogP contribution in [-0.4, -0.2) is 23.3 Å². The Morgan fingerprint density at radius 2 is 2.05 bits per heavy atom. The van der Waals surface area contributed by atoms with Crippen LogP contribution >= 0.6 is 11.3 Å². The summed E-state index contributed by atoms with van der Waals surface area (Å²) >= 11 is 1.18. The number of benzene rings is 1. The number of ether oxygens (including phenoxy) is 1. The summed E-state index contributed by atoms with van der Waals surface area (Å²) < 4.78 is 5.54. The fourth-order valence-corrected chi connectivity index (χ4v) is 2.89. The molecule has 6 heteroatoms. The molecule has 5 nitrogen and oxygen atoms in total. The molecule has 0 aliphatic heterocycles. The number of carbonyl (C=O) groups excluding carboxylic acids is 2. The van der Waals surface area contributed by atoms with E-state index in [1.165, 1.54) is 18.3 Å². The van der Waals surface area contributed by atoms with Gasteiger partial charge in [0.2, 0.25) is 0 Å². The van der Waals surface area contributed by atoms with Crippen LogP contribution in [0.2, 0.25) is 0 Å². The standard InChI is InChI=1S/C16H18N2O3S/c1-4-12-7-5-6-8-13(12)21-9-14(20)18-16-17-10(2)15(22-16)11(3)19/h5-8H,4,9H2,1-3H3,(H,17,18,20). The van der Waals surface area contributed by atoms with Crippen LogP contribution in [0.1, 0.15) is 34.8 Å². The van der Waals surface area contributed by atoms with E-state index in [1.54, 1.807) is 6.92 Å². The summed E-state index contributed by atoms with van der Waals surface area (Å²) in [5.41, 5.74) is 1.68. The summed E-state index contributed by atoms with van der Waals surface area (Å²) in [6, 6.07) is 7.62. The van der Waals surface area contributed by atoms with E-state index in [0.29, 0.717) is 21.5 Å². The van der Waals surface area contributed by atoms with Crippen LogP contribution < -0.4 is 10.1 Å². The average Bonchev–Trinajstić information content (AvgIpc) is 2.86. The van der Waals surface area contributed by atoms with Gasteiger partial charge in [0.15, 0.2) is 17.5 Å². The molecule has 0 aliphatic carbocycles. The summed E-state index contributed by atoms with van der Waals surface area (Å²) in [6.45, 7) is 5.17. The highest BCUT2D eigenvalue weighted by Gasteiger charge is 2.14. The van der Waals surface area contributed by atoms with Crippen molar-refractivity contribution >= 4 is 28.2 Å². The molecule has 1 heterocycles. The second-order valence-corrected chi connectivity index (χ2v) is 5.79. The maximum atomic E-state index is 11.9. The second-order valence-electron chi connectivity index (χ2n) is 4.79. The van der Waals surface area contributed by atoms with E-state index < -0.39 is 0 Å². The first-order chi connectivity index (χ1) is 10.5. The van der Waals surface area contributed by atoms with Crippen LogP contribution in [0.3, 0.4) is 0 Å². The van der Waals surface area contributed by atoms with Gasteiger partial charge in [-0.15, -0.1) is 0 Å². The fourth-order valence-electron chi connectivity index (χ4n) is 2.01. The van der Waals surface area contributed by atoms with E-state index in [2.05, 4.69) is 10.3 Å². The molecule has 0 radical (unpaired) electrons. The Labute approximate surface area is 133 Å². The third kappa shape index (κ3) is 3.92. The van der Waals surface area contributed by atoms with Crippen LogP contribution in [0.25, 0.3) is 0 Å². The average molecular weight is 318 g/mol. The number of anilines is 1. The topological polar surface area (TPSA) is 68.3 Å². The van der Waals surface area contributed by atoms with Crippen molar-refractivity contribution in [3.8, 4) is 5.75 Å². The van der Waals surface area contributed by atoms with Crippen LogP contribution in [0.5, 0.6) is 5.75 Å². The van der Waals surface area contributed by atoms with E-state index in [-0.39, 0.29) is 18.3 Å². The Morgan fingerprint density at radius 1 is 1.32 bits per heavy atom. The zero-order valence-corrected chi connectivity index (χ0v) is 13.6. The minimum atomic E-state index is -0.297. The molecule has 0 bridgehead atoms. The van der Waals surface area contributed by atoms with Crippen molar-refractivity contribution in [3.63, 3.8) is 0 Å². The number of nitrogens with one attached hydrogen (secondary N) is 1. The van der Waals surface area contributed by atoms with Gasteiger partial charge in [-0.3, -0.25) is 14.9 Å². The zero-order valence-electron chi connectivity index (χ0n) is 12.8. The van der Waals surface area contributed by atoms with Crippen molar-refractivity contribution in [2.45, 2.75) is 27.2 Å². The Kier molecular flexibility index (Phi) is 5.27. The van der Waals surface area contributed by atoms with E-state index in [1.807, 2.05) is 31.2 Å². The van der Waals surface area contributed by atoms with Crippen LogP contribution in [0, 0.1) is 6.92 Å². The minimum Gasteiger partial charge on any atom is -0.483 e. The minimum absolute atomic E-state index is 0.0522. The molecule has 1 N–H and O–H groups in total. The molecule has 1 aromatic heterocycles. The molecule has 0 unspecified atom stereocenters. The number of rotatable bonds is 6. The normalized spacial score (nSPS) is 10.3. The first-order valence-electron chi connectivity index (χ1n) is 7.00. The van der Waals surface area contributed by atoms with E-state index in [9.17, 15) is 9.59 Å². The summed E-state index contributed by atoms with van der Waals surface area (Å²) in [7, 11) is 0. The van der Waals surface area contributed by atoms with Gasteiger partial charge in [-0.25, -0.2) is 4.98 Å². The molecule has 2 rings (SSSR count). The van der Waals surface area contributed by atoms with Crippen molar-refractivity contribution in [3.05, 3.63) is 40.4 Å². The van der Waals surface area contributed by atoms with Gasteiger partial charge in [0.25, 0.3) is 5.91 Å². The number of hydrogen-bond donors (Lipinski definition) is 1. The number of Topliss-reactive ketones (excluding diaryl/α,β-unsaturated/α-hetero) is 1.